The summed E-state index contributed by atoms with van der Waals surface area (Å²) in [5.41, 5.74) is 0.525. The quantitative estimate of drug-likeness (QED) is 0.843. The molecular formula is C13H10ClNO4. The first kappa shape index (κ1) is 13.2. The summed E-state index contributed by atoms with van der Waals surface area (Å²) in [5, 5.41) is 9.26. The largest absolute Gasteiger partial charge is 0.496 e. The number of carbonyl (C=O) groups excluding carboxylic acids is 1. The lowest BCUT2D eigenvalue weighted by Gasteiger charge is -2.06. The first-order valence-corrected chi connectivity index (χ1v) is 5.70. The molecule has 19 heavy (non-hydrogen) atoms. The minimum Gasteiger partial charge on any atom is -0.496 e. The number of ether oxygens (including phenoxy) is 1. The molecule has 0 amide bonds. The van der Waals surface area contributed by atoms with Crippen LogP contribution in [-0.4, -0.2) is 29.0 Å². The fourth-order valence-corrected chi connectivity index (χ4v) is 1.82. The molecule has 0 fully saturated rings. The van der Waals surface area contributed by atoms with E-state index in [1.165, 1.54) is 31.5 Å². The maximum atomic E-state index is 12.2. The number of hydrogen-bond acceptors (Lipinski definition) is 3. The molecule has 0 bridgehead atoms. The van der Waals surface area contributed by atoms with Crippen molar-refractivity contribution in [2.75, 3.05) is 7.11 Å². The van der Waals surface area contributed by atoms with Crippen LogP contribution in [0.15, 0.2) is 30.5 Å². The Morgan fingerprint density at radius 3 is 2.63 bits per heavy atom. The highest BCUT2D eigenvalue weighted by molar-refractivity contribution is 6.31. The molecule has 2 N–H and O–H groups in total. The third-order valence-corrected chi connectivity index (χ3v) is 2.82. The zero-order chi connectivity index (χ0) is 14.0. The molecule has 2 rings (SSSR count). The van der Waals surface area contributed by atoms with Crippen molar-refractivity contribution in [3.05, 3.63) is 52.3 Å². The van der Waals surface area contributed by atoms with Crippen molar-refractivity contribution in [2.45, 2.75) is 0 Å². The second-order valence-electron chi connectivity index (χ2n) is 3.78. The monoisotopic (exact) mass is 279 g/mol. The van der Waals surface area contributed by atoms with Crippen LogP contribution in [0.5, 0.6) is 5.75 Å². The van der Waals surface area contributed by atoms with Crippen LogP contribution in [0.3, 0.4) is 0 Å². The fraction of sp³-hybridized carbons (Fsp3) is 0.0769. The van der Waals surface area contributed by atoms with Crippen molar-refractivity contribution in [2.24, 2.45) is 0 Å². The van der Waals surface area contributed by atoms with Crippen molar-refractivity contribution in [1.82, 2.24) is 4.98 Å². The molecule has 6 heteroatoms. The average Bonchev–Trinajstić information content (AvgIpc) is 2.87. The standard InChI is InChI=1S/C13H10ClNO4/c1-19-11-5-8(14)2-3-9(11)12(16)7-4-10(13(17)18)15-6-7/h2-6,15H,1H3,(H,17,18). The lowest BCUT2D eigenvalue weighted by atomic mass is 10.0. The van der Waals surface area contributed by atoms with Crippen LogP contribution in [0.2, 0.25) is 5.02 Å². The number of aromatic amines is 1. The number of hydrogen-bond donors (Lipinski definition) is 2. The first-order valence-electron chi connectivity index (χ1n) is 5.33. The Morgan fingerprint density at radius 1 is 1.32 bits per heavy atom. The molecule has 0 spiro atoms. The predicted octanol–water partition coefficient (Wildman–Crippen LogP) is 2.61. The summed E-state index contributed by atoms with van der Waals surface area (Å²) < 4.78 is 5.09. The van der Waals surface area contributed by atoms with Crippen LogP contribution < -0.4 is 4.74 Å². The van der Waals surface area contributed by atoms with E-state index in [0.29, 0.717) is 16.3 Å². The molecule has 0 radical (unpaired) electrons. The van der Waals surface area contributed by atoms with Crippen molar-refractivity contribution in [1.29, 1.82) is 0 Å². The van der Waals surface area contributed by atoms with E-state index in [-0.39, 0.29) is 17.0 Å². The maximum Gasteiger partial charge on any atom is 0.352 e. The number of H-pyrrole nitrogens is 1. The van der Waals surface area contributed by atoms with Gasteiger partial charge in [-0.1, -0.05) is 11.6 Å². The summed E-state index contributed by atoms with van der Waals surface area (Å²) in [7, 11) is 1.43. The molecule has 2 aromatic rings. The Balaban J connectivity index is 2.40. The van der Waals surface area contributed by atoms with E-state index in [1.807, 2.05) is 0 Å². The van der Waals surface area contributed by atoms with Gasteiger partial charge in [-0.05, 0) is 24.3 Å². The van der Waals surface area contributed by atoms with Crippen LogP contribution >= 0.6 is 11.6 Å². The molecule has 0 saturated heterocycles. The van der Waals surface area contributed by atoms with E-state index in [0.717, 1.165) is 0 Å². The lowest BCUT2D eigenvalue weighted by molar-refractivity contribution is 0.0691. The van der Waals surface area contributed by atoms with Crippen molar-refractivity contribution >= 4 is 23.4 Å². The number of rotatable bonds is 4. The van der Waals surface area contributed by atoms with Gasteiger partial charge in [0.15, 0.2) is 5.78 Å². The third-order valence-electron chi connectivity index (χ3n) is 2.58. The Kier molecular flexibility index (Phi) is 3.57. The number of nitrogens with one attached hydrogen (secondary N) is 1. The van der Waals surface area contributed by atoms with Gasteiger partial charge < -0.3 is 14.8 Å². The molecule has 0 aliphatic heterocycles. The van der Waals surface area contributed by atoms with Crippen molar-refractivity contribution < 1.29 is 19.4 Å². The number of carboxylic acid groups (broad SMARTS) is 1. The highest BCUT2D eigenvalue weighted by Crippen LogP contribution is 2.25. The second kappa shape index (κ2) is 5.16. The molecule has 1 heterocycles. The highest BCUT2D eigenvalue weighted by atomic mass is 35.5. The number of ketones is 1. The Morgan fingerprint density at radius 2 is 2.05 bits per heavy atom. The molecule has 0 unspecified atom stereocenters. The minimum atomic E-state index is -1.12. The smallest absolute Gasteiger partial charge is 0.352 e. The lowest BCUT2D eigenvalue weighted by Crippen LogP contribution is -2.03. The molecule has 5 nitrogen and oxygen atoms in total. The molecule has 1 aromatic heterocycles. The van der Waals surface area contributed by atoms with E-state index in [2.05, 4.69) is 4.98 Å². The molecule has 0 aliphatic rings. The van der Waals surface area contributed by atoms with Gasteiger partial charge in [0.1, 0.15) is 11.4 Å². The number of aromatic carboxylic acids is 1. The van der Waals surface area contributed by atoms with Gasteiger partial charge in [0, 0.05) is 16.8 Å². The normalized spacial score (nSPS) is 10.2. The second-order valence-corrected chi connectivity index (χ2v) is 4.22. The summed E-state index contributed by atoms with van der Waals surface area (Å²) in [4.78, 5) is 25.5. The zero-order valence-corrected chi connectivity index (χ0v) is 10.7. The van der Waals surface area contributed by atoms with Crippen LogP contribution in [0, 0.1) is 0 Å². The molecule has 0 aliphatic carbocycles. The van der Waals surface area contributed by atoms with Gasteiger partial charge in [0.05, 0.1) is 12.7 Å². The van der Waals surface area contributed by atoms with E-state index in [4.69, 9.17) is 21.4 Å². The Labute approximate surface area is 113 Å². The maximum absolute atomic E-state index is 12.2. The summed E-state index contributed by atoms with van der Waals surface area (Å²) >= 11 is 5.82. The number of aromatic nitrogens is 1. The van der Waals surface area contributed by atoms with E-state index < -0.39 is 5.97 Å². The van der Waals surface area contributed by atoms with Crippen molar-refractivity contribution in [3.63, 3.8) is 0 Å². The van der Waals surface area contributed by atoms with Crippen LogP contribution in [-0.2, 0) is 0 Å². The van der Waals surface area contributed by atoms with Gasteiger partial charge in [0.25, 0.3) is 0 Å². The predicted molar refractivity (Wildman–Crippen MR) is 69.2 cm³/mol. The van der Waals surface area contributed by atoms with Gasteiger partial charge >= 0.3 is 5.97 Å². The number of methoxy groups -OCH3 is 1. The fourth-order valence-electron chi connectivity index (χ4n) is 1.66. The first-order chi connectivity index (χ1) is 9.02. The number of carboxylic acids is 1. The Hall–Kier alpha value is -2.27. The molecule has 98 valence electrons. The highest BCUT2D eigenvalue weighted by Gasteiger charge is 2.17. The number of halogens is 1. The van der Waals surface area contributed by atoms with E-state index in [9.17, 15) is 9.59 Å². The van der Waals surface area contributed by atoms with Gasteiger partial charge in [0.2, 0.25) is 0 Å². The average molecular weight is 280 g/mol. The van der Waals surface area contributed by atoms with Gasteiger partial charge in [-0.15, -0.1) is 0 Å². The van der Waals surface area contributed by atoms with Gasteiger partial charge in [-0.3, -0.25) is 4.79 Å². The van der Waals surface area contributed by atoms with Crippen LogP contribution in [0.1, 0.15) is 26.4 Å². The molecule has 0 saturated carbocycles. The van der Waals surface area contributed by atoms with Crippen LogP contribution in [0.4, 0.5) is 0 Å². The summed E-state index contributed by atoms with van der Waals surface area (Å²) in [5.74, 6) is -1.12. The number of carbonyl (C=O) groups is 2. The summed E-state index contributed by atoms with van der Waals surface area (Å²) in [6.45, 7) is 0. The third kappa shape index (κ3) is 2.61. The minimum absolute atomic E-state index is 0.0451. The SMILES string of the molecule is COc1cc(Cl)ccc1C(=O)c1c[nH]c(C(=O)O)c1. The Bertz CT molecular complexity index is 648. The molecular weight excluding hydrogens is 270 g/mol. The molecule has 1 aromatic carbocycles. The van der Waals surface area contributed by atoms with E-state index in [1.54, 1.807) is 6.07 Å². The molecule has 0 atom stereocenters. The van der Waals surface area contributed by atoms with E-state index >= 15 is 0 Å². The summed E-state index contributed by atoms with van der Waals surface area (Å²) in [6, 6.07) is 5.91. The van der Waals surface area contributed by atoms with Gasteiger partial charge in [-0.25, -0.2) is 4.79 Å². The topological polar surface area (TPSA) is 79.4 Å². The zero-order valence-electron chi connectivity index (χ0n) is 9.94. The number of benzene rings is 1. The van der Waals surface area contributed by atoms with Crippen LogP contribution in [0.25, 0.3) is 0 Å². The van der Waals surface area contributed by atoms with Gasteiger partial charge in [-0.2, -0.15) is 0 Å². The summed E-state index contributed by atoms with van der Waals surface area (Å²) in [6.07, 6.45) is 1.35. The van der Waals surface area contributed by atoms with Crippen molar-refractivity contribution in [3.8, 4) is 5.75 Å².